The molecule has 142 valence electrons. The summed E-state index contributed by atoms with van der Waals surface area (Å²) in [5.74, 6) is -0.252. The molecule has 9 nitrogen and oxygen atoms in total. The van der Waals surface area contributed by atoms with Crippen LogP contribution in [0.25, 0.3) is 0 Å². The first-order valence-electron chi connectivity index (χ1n) is 8.82. The number of amides is 2. The van der Waals surface area contributed by atoms with Gasteiger partial charge in [-0.05, 0) is 25.3 Å². The fraction of sp³-hybridized carbons (Fsp3) is 0.471. The SMILES string of the molecule is CCOC(=O)c1nnsc1NC(=O)N1C[C@H]2C[C@H](C1)c1cccc(=O)n1C2. The monoisotopic (exact) mass is 389 g/mol. The number of piperidine rings is 1. The third-order valence-corrected chi connectivity index (χ3v) is 5.59. The Bertz CT molecular complexity index is 939. The standard InChI is InChI=1S/C17H19N5O4S/c1-2-26-16(24)14-15(27-20-19-14)18-17(25)21-7-10-6-11(9-21)12-4-3-5-13(23)22(12)8-10/h3-5,10-11H,2,6-9H2,1H3,(H,18,25)/t10-,11-/m1/s1. The summed E-state index contributed by atoms with van der Waals surface area (Å²) in [6, 6.07) is 4.99. The lowest BCUT2D eigenvalue weighted by atomic mass is 9.83. The molecule has 2 aromatic rings. The number of carbonyl (C=O) groups is 2. The Morgan fingerprint density at radius 3 is 3.00 bits per heavy atom. The van der Waals surface area contributed by atoms with Crippen molar-refractivity contribution in [1.29, 1.82) is 0 Å². The van der Waals surface area contributed by atoms with E-state index in [1.54, 1.807) is 24.0 Å². The molecule has 10 heteroatoms. The van der Waals surface area contributed by atoms with Crippen LogP contribution in [0.3, 0.4) is 0 Å². The minimum Gasteiger partial charge on any atom is -0.461 e. The van der Waals surface area contributed by atoms with E-state index < -0.39 is 5.97 Å². The van der Waals surface area contributed by atoms with E-state index in [0.717, 1.165) is 23.6 Å². The Labute approximate surface area is 159 Å². The number of nitrogens with zero attached hydrogens (tertiary/aromatic N) is 4. The molecule has 2 amide bonds. The van der Waals surface area contributed by atoms with Crippen molar-refractivity contribution in [2.24, 2.45) is 5.92 Å². The predicted molar refractivity (Wildman–Crippen MR) is 98.0 cm³/mol. The smallest absolute Gasteiger partial charge is 0.362 e. The van der Waals surface area contributed by atoms with E-state index in [1.165, 1.54) is 0 Å². The number of nitrogens with one attached hydrogen (secondary N) is 1. The number of esters is 1. The Balaban J connectivity index is 1.50. The molecule has 2 aliphatic heterocycles. The number of hydrogen-bond acceptors (Lipinski definition) is 7. The van der Waals surface area contributed by atoms with Crippen LogP contribution >= 0.6 is 11.5 Å². The number of hydrogen-bond donors (Lipinski definition) is 1. The van der Waals surface area contributed by atoms with Gasteiger partial charge in [-0.3, -0.25) is 10.1 Å². The summed E-state index contributed by atoms with van der Waals surface area (Å²) in [6.07, 6.45) is 0.962. The molecular formula is C17H19N5O4S. The second-order valence-corrected chi connectivity index (χ2v) is 7.46. The van der Waals surface area contributed by atoms with Gasteiger partial charge >= 0.3 is 12.0 Å². The van der Waals surface area contributed by atoms with Crippen LogP contribution in [0.2, 0.25) is 0 Å². The molecule has 4 rings (SSSR count). The highest BCUT2D eigenvalue weighted by atomic mass is 32.1. The maximum Gasteiger partial charge on any atom is 0.362 e. The topological polar surface area (TPSA) is 106 Å². The Hall–Kier alpha value is -2.75. The highest BCUT2D eigenvalue weighted by molar-refractivity contribution is 7.10. The summed E-state index contributed by atoms with van der Waals surface area (Å²) in [4.78, 5) is 38.5. The number of carbonyl (C=O) groups excluding carboxylic acids is 2. The molecule has 0 spiro atoms. The van der Waals surface area contributed by atoms with Crippen molar-refractivity contribution in [2.45, 2.75) is 25.8 Å². The zero-order chi connectivity index (χ0) is 19.0. The molecule has 4 heterocycles. The molecule has 2 atom stereocenters. The summed E-state index contributed by atoms with van der Waals surface area (Å²) in [6.45, 7) is 3.62. The maximum atomic E-state index is 12.8. The lowest BCUT2D eigenvalue weighted by Gasteiger charge is -2.42. The number of rotatable bonds is 3. The Morgan fingerprint density at radius 2 is 2.19 bits per heavy atom. The van der Waals surface area contributed by atoms with Crippen molar-refractivity contribution in [3.05, 3.63) is 39.9 Å². The van der Waals surface area contributed by atoms with Crippen molar-refractivity contribution in [3.8, 4) is 0 Å². The van der Waals surface area contributed by atoms with E-state index in [2.05, 4.69) is 14.9 Å². The van der Waals surface area contributed by atoms with E-state index in [4.69, 9.17) is 4.74 Å². The predicted octanol–water partition coefficient (Wildman–Crippen LogP) is 1.53. The van der Waals surface area contributed by atoms with Gasteiger partial charge in [0.2, 0.25) is 5.69 Å². The molecule has 0 radical (unpaired) electrons. The van der Waals surface area contributed by atoms with Gasteiger partial charge in [0.1, 0.15) is 0 Å². The van der Waals surface area contributed by atoms with E-state index in [1.807, 2.05) is 10.6 Å². The van der Waals surface area contributed by atoms with Crippen molar-refractivity contribution in [3.63, 3.8) is 0 Å². The van der Waals surface area contributed by atoms with E-state index >= 15 is 0 Å². The largest absolute Gasteiger partial charge is 0.461 e. The van der Waals surface area contributed by atoms with Crippen LogP contribution in [0.4, 0.5) is 9.80 Å². The van der Waals surface area contributed by atoms with Crippen molar-refractivity contribution >= 4 is 28.5 Å². The van der Waals surface area contributed by atoms with Gasteiger partial charge in [0.15, 0.2) is 5.00 Å². The average molecular weight is 389 g/mol. The second-order valence-electron chi connectivity index (χ2n) is 6.70. The first-order valence-corrected chi connectivity index (χ1v) is 9.59. The molecule has 1 saturated heterocycles. The van der Waals surface area contributed by atoms with Gasteiger partial charge in [0, 0.05) is 48.8 Å². The van der Waals surface area contributed by atoms with Crippen LogP contribution < -0.4 is 10.9 Å². The molecule has 2 aromatic heterocycles. The van der Waals surface area contributed by atoms with Crippen molar-refractivity contribution < 1.29 is 14.3 Å². The van der Waals surface area contributed by atoms with Crippen LogP contribution in [-0.4, -0.2) is 50.8 Å². The first kappa shape index (κ1) is 17.7. The molecule has 0 aliphatic carbocycles. The van der Waals surface area contributed by atoms with Gasteiger partial charge in [0.25, 0.3) is 5.56 Å². The quantitative estimate of drug-likeness (QED) is 0.798. The maximum absolute atomic E-state index is 12.8. The fourth-order valence-electron chi connectivity index (χ4n) is 3.84. The number of likely N-dealkylation sites (tertiary alicyclic amines) is 1. The summed E-state index contributed by atoms with van der Waals surface area (Å²) in [7, 11) is 0. The summed E-state index contributed by atoms with van der Waals surface area (Å²) in [5.41, 5.74) is 1.00. The average Bonchev–Trinajstić information content (AvgIpc) is 3.11. The van der Waals surface area contributed by atoms with Crippen LogP contribution in [-0.2, 0) is 11.3 Å². The summed E-state index contributed by atoms with van der Waals surface area (Å²) >= 11 is 0.942. The molecule has 27 heavy (non-hydrogen) atoms. The molecular weight excluding hydrogens is 370 g/mol. The molecule has 0 unspecified atom stereocenters. The van der Waals surface area contributed by atoms with Gasteiger partial charge in [-0.25, -0.2) is 9.59 Å². The normalized spacial score (nSPS) is 20.7. The highest BCUT2D eigenvalue weighted by Crippen LogP contribution is 2.35. The second kappa shape index (κ2) is 7.10. The van der Waals surface area contributed by atoms with Crippen LogP contribution in [0.5, 0.6) is 0 Å². The number of ether oxygens (including phenoxy) is 1. The molecule has 0 aromatic carbocycles. The van der Waals surface area contributed by atoms with E-state index in [-0.39, 0.29) is 40.7 Å². The Kier molecular flexibility index (Phi) is 4.65. The van der Waals surface area contributed by atoms with E-state index in [0.29, 0.717) is 19.6 Å². The number of aromatic nitrogens is 3. The number of anilines is 1. The van der Waals surface area contributed by atoms with Gasteiger partial charge in [-0.1, -0.05) is 10.6 Å². The van der Waals surface area contributed by atoms with Crippen molar-refractivity contribution in [1.82, 2.24) is 19.1 Å². The highest BCUT2D eigenvalue weighted by Gasteiger charge is 2.36. The lowest BCUT2D eigenvalue weighted by molar-refractivity contribution is 0.0520. The Morgan fingerprint density at radius 1 is 1.33 bits per heavy atom. The molecule has 2 bridgehead atoms. The third kappa shape index (κ3) is 3.32. The fourth-order valence-corrected chi connectivity index (χ4v) is 4.39. The number of urea groups is 1. The zero-order valence-electron chi connectivity index (χ0n) is 14.8. The molecule has 2 aliphatic rings. The lowest BCUT2D eigenvalue weighted by Crippen LogP contribution is -2.50. The van der Waals surface area contributed by atoms with Gasteiger partial charge in [0.05, 0.1) is 6.61 Å². The minimum atomic E-state index is -0.606. The van der Waals surface area contributed by atoms with Gasteiger partial charge in [-0.2, -0.15) is 0 Å². The van der Waals surface area contributed by atoms with Crippen LogP contribution in [0.1, 0.15) is 35.4 Å². The summed E-state index contributed by atoms with van der Waals surface area (Å²) < 4.78 is 10.5. The van der Waals surface area contributed by atoms with Crippen molar-refractivity contribution in [2.75, 3.05) is 25.0 Å². The number of pyridine rings is 1. The zero-order valence-corrected chi connectivity index (χ0v) is 15.6. The van der Waals surface area contributed by atoms with Gasteiger partial charge in [-0.15, -0.1) is 5.10 Å². The first-order chi connectivity index (χ1) is 13.1. The molecule has 0 saturated carbocycles. The van der Waals surface area contributed by atoms with Crippen LogP contribution in [0, 0.1) is 5.92 Å². The summed E-state index contributed by atoms with van der Waals surface area (Å²) in [5, 5.41) is 6.77. The molecule has 1 fully saturated rings. The minimum absolute atomic E-state index is 0.00918. The van der Waals surface area contributed by atoms with Gasteiger partial charge < -0.3 is 14.2 Å². The van der Waals surface area contributed by atoms with Crippen LogP contribution in [0.15, 0.2) is 23.0 Å². The number of fused-ring (bicyclic) bond motifs is 4. The van der Waals surface area contributed by atoms with E-state index in [9.17, 15) is 14.4 Å². The third-order valence-electron chi connectivity index (χ3n) is 4.94. The molecule has 1 N–H and O–H groups in total.